The number of carbonyl (C=O) groups is 1. The number of carbonyl (C=O) groups excluding carboxylic acids is 1. The van der Waals surface area contributed by atoms with E-state index in [2.05, 4.69) is 0 Å². The number of fused-ring (bicyclic) bond motifs is 1. The third-order valence-corrected chi connectivity index (χ3v) is 6.23. The largest absolute Gasteiger partial charge is 0.507 e. The Kier molecular flexibility index (Phi) is 7.00. The lowest BCUT2D eigenvalue weighted by molar-refractivity contribution is -0.142. The van der Waals surface area contributed by atoms with Crippen LogP contribution in [0.1, 0.15) is 25.8 Å². The minimum Gasteiger partial charge on any atom is -0.507 e. The number of nitrogens with zero attached hydrogens (tertiary/aromatic N) is 4. The lowest BCUT2D eigenvalue weighted by Crippen LogP contribution is -2.58. The molecule has 4 rings (SSSR count). The average Bonchev–Trinajstić information content (AvgIpc) is 2.82. The van der Waals surface area contributed by atoms with Gasteiger partial charge in [0.15, 0.2) is 5.82 Å². The van der Waals surface area contributed by atoms with Gasteiger partial charge in [-0.2, -0.15) is 0 Å². The zero-order valence-corrected chi connectivity index (χ0v) is 19.8. The summed E-state index contributed by atoms with van der Waals surface area (Å²) in [6.07, 6.45) is -0.635. The summed E-state index contributed by atoms with van der Waals surface area (Å²) in [5.74, 6) is 1.04. The maximum atomic E-state index is 12.8. The molecule has 34 heavy (non-hydrogen) atoms. The quantitative estimate of drug-likeness (QED) is 0.514. The van der Waals surface area contributed by atoms with Gasteiger partial charge >= 0.3 is 0 Å². The highest BCUT2D eigenvalue weighted by molar-refractivity contribution is 5.92. The average molecular weight is 465 g/mol. The van der Waals surface area contributed by atoms with E-state index in [0.29, 0.717) is 36.7 Å². The number of aliphatic hydroxyl groups excluding tert-OH is 2. The Labute approximate surface area is 199 Å². The predicted octanol–water partition coefficient (Wildman–Crippen LogP) is 2.73. The van der Waals surface area contributed by atoms with Gasteiger partial charge in [0.25, 0.3) is 5.91 Å². The SMILES string of the molecule is Cc1ccc2c(N3CCN(C(=O)C(O)CC(C)C)CC3CO)nc(-c3ccccc3O)nc2c1. The molecule has 2 heterocycles. The van der Waals surface area contributed by atoms with E-state index >= 15 is 0 Å². The van der Waals surface area contributed by atoms with Crippen molar-refractivity contribution >= 4 is 22.6 Å². The number of phenolic OH excluding ortho intramolecular Hbond substituents is 1. The molecule has 180 valence electrons. The number of hydrogen-bond acceptors (Lipinski definition) is 7. The first-order valence-electron chi connectivity index (χ1n) is 11.7. The standard InChI is InChI=1S/C26H32N4O4/c1-16(2)12-23(33)26(34)29-10-11-30(18(14-29)15-31)25-19-9-8-17(3)13-21(19)27-24(28-25)20-6-4-5-7-22(20)32/h4-9,13,16,18,23,31-33H,10-12,14-15H2,1-3H3. The Morgan fingerprint density at radius 1 is 1.15 bits per heavy atom. The number of amides is 1. The van der Waals surface area contributed by atoms with Crippen LogP contribution in [0.4, 0.5) is 5.82 Å². The van der Waals surface area contributed by atoms with Gasteiger partial charge in [-0.25, -0.2) is 9.97 Å². The normalized spacial score (nSPS) is 17.4. The highest BCUT2D eigenvalue weighted by Gasteiger charge is 2.33. The van der Waals surface area contributed by atoms with Crippen molar-refractivity contribution in [2.75, 3.05) is 31.1 Å². The molecule has 3 aromatic rings. The summed E-state index contributed by atoms with van der Waals surface area (Å²) in [5.41, 5.74) is 2.32. The zero-order valence-electron chi connectivity index (χ0n) is 19.8. The van der Waals surface area contributed by atoms with Gasteiger partial charge in [-0.05, 0) is 49.1 Å². The fourth-order valence-electron chi connectivity index (χ4n) is 4.47. The molecule has 0 saturated carbocycles. The molecule has 1 aromatic heterocycles. The van der Waals surface area contributed by atoms with Gasteiger partial charge in [-0.15, -0.1) is 0 Å². The summed E-state index contributed by atoms with van der Waals surface area (Å²) < 4.78 is 0. The van der Waals surface area contributed by atoms with Gasteiger partial charge in [0.1, 0.15) is 17.7 Å². The Bertz CT molecular complexity index is 1180. The summed E-state index contributed by atoms with van der Waals surface area (Å²) >= 11 is 0. The summed E-state index contributed by atoms with van der Waals surface area (Å²) in [5, 5.41) is 31.8. The number of aromatic hydroxyl groups is 1. The van der Waals surface area contributed by atoms with Gasteiger partial charge in [0.2, 0.25) is 0 Å². The van der Waals surface area contributed by atoms with Crippen molar-refractivity contribution in [1.29, 1.82) is 0 Å². The Morgan fingerprint density at radius 3 is 2.62 bits per heavy atom. The second-order valence-corrected chi connectivity index (χ2v) is 9.37. The van der Waals surface area contributed by atoms with Gasteiger partial charge in [-0.1, -0.05) is 32.0 Å². The molecule has 1 fully saturated rings. The Morgan fingerprint density at radius 2 is 1.91 bits per heavy atom. The second-order valence-electron chi connectivity index (χ2n) is 9.37. The number of piperazine rings is 1. The molecule has 1 aliphatic rings. The maximum Gasteiger partial charge on any atom is 0.251 e. The predicted molar refractivity (Wildman–Crippen MR) is 132 cm³/mol. The molecule has 0 aliphatic carbocycles. The first-order chi connectivity index (χ1) is 16.3. The molecule has 3 N–H and O–H groups in total. The van der Waals surface area contributed by atoms with Gasteiger partial charge < -0.3 is 25.1 Å². The van der Waals surface area contributed by atoms with E-state index in [4.69, 9.17) is 9.97 Å². The van der Waals surface area contributed by atoms with Crippen LogP contribution in [0.5, 0.6) is 5.75 Å². The number of phenols is 1. The van der Waals surface area contributed by atoms with Crippen molar-refractivity contribution in [2.24, 2.45) is 5.92 Å². The molecule has 2 aromatic carbocycles. The van der Waals surface area contributed by atoms with E-state index in [0.717, 1.165) is 16.5 Å². The van der Waals surface area contributed by atoms with Crippen LogP contribution in [0.2, 0.25) is 0 Å². The Balaban J connectivity index is 1.71. The summed E-state index contributed by atoms with van der Waals surface area (Å²) in [4.78, 5) is 25.9. The number of aliphatic hydroxyl groups is 2. The maximum absolute atomic E-state index is 12.8. The third kappa shape index (κ3) is 4.83. The van der Waals surface area contributed by atoms with Gasteiger partial charge in [0.05, 0.1) is 23.7 Å². The number of aryl methyl sites for hydroxylation is 1. The monoisotopic (exact) mass is 464 g/mol. The molecule has 1 saturated heterocycles. The van der Waals surface area contributed by atoms with E-state index in [1.807, 2.05) is 49.9 Å². The highest BCUT2D eigenvalue weighted by Crippen LogP contribution is 2.33. The molecule has 1 aliphatic heterocycles. The van der Waals surface area contributed by atoms with Crippen molar-refractivity contribution in [3.63, 3.8) is 0 Å². The second kappa shape index (κ2) is 9.95. The number of anilines is 1. The molecular formula is C26H32N4O4. The van der Waals surface area contributed by atoms with Crippen molar-refractivity contribution in [3.05, 3.63) is 48.0 Å². The third-order valence-electron chi connectivity index (χ3n) is 6.23. The van der Waals surface area contributed by atoms with E-state index < -0.39 is 6.10 Å². The van der Waals surface area contributed by atoms with Crippen molar-refractivity contribution in [1.82, 2.24) is 14.9 Å². The van der Waals surface area contributed by atoms with Gasteiger partial charge in [-0.3, -0.25) is 4.79 Å². The number of benzene rings is 2. The number of para-hydroxylation sites is 1. The van der Waals surface area contributed by atoms with Crippen LogP contribution in [0.15, 0.2) is 42.5 Å². The van der Waals surface area contributed by atoms with Crippen molar-refractivity contribution in [3.8, 4) is 17.1 Å². The van der Waals surface area contributed by atoms with Crippen LogP contribution in [0.3, 0.4) is 0 Å². The summed E-state index contributed by atoms with van der Waals surface area (Å²) in [6, 6.07) is 12.5. The molecule has 2 unspecified atom stereocenters. The number of hydrogen-bond donors (Lipinski definition) is 3. The lowest BCUT2D eigenvalue weighted by Gasteiger charge is -2.42. The van der Waals surface area contributed by atoms with E-state index in [1.165, 1.54) is 0 Å². The topological polar surface area (TPSA) is 110 Å². The molecule has 8 heteroatoms. The summed E-state index contributed by atoms with van der Waals surface area (Å²) in [6.45, 7) is 6.90. The van der Waals surface area contributed by atoms with E-state index in [9.17, 15) is 20.1 Å². The smallest absolute Gasteiger partial charge is 0.251 e. The van der Waals surface area contributed by atoms with Gasteiger partial charge in [0, 0.05) is 25.0 Å². The number of aromatic nitrogens is 2. The van der Waals surface area contributed by atoms with Crippen molar-refractivity contribution < 1.29 is 20.1 Å². The minimum absolute atomic E-state index is 0.0914. The minimum atomic E-state index is -1.04. The first-order valence-corrected chi connectivity index (χ1v) is 11.7. The fourth-order valence-corrected chi connectivity index (χ4v) is 4.47. The van der Waals surface area contributed by atoms with Crippen LogP contribution in [0.25, 0.3) is 22.3 Å². The number of rotatable bonds is 6. The Hall–Kier alpha value is -3.23. The van der Waals surface area contributed by atoms with Crippen LogP contribution >= 0.6 is 0 Å². The first kappa shape index (κ1) is 23.9. The lowest BCUT2D eigenvalue weighted by atomic mass is 10.0. The fraction of sp³-hybridized carbons (Fsp3) is 0.423. The molecule has 0 bridgehead atoms. The molecule has 0 radical (unpaired) electrons. The van der Waals surface area contributed by atoms with Crippen LogP contribution in [0, 0.1) is 12.8 Å². The van der Waals surface area contributed by atoms with Crippen LogP contribution in [-0.2, 0) is 4.79 Å². The molecule has 1 amide bonds. The molecule has 2 atom stereocenters. The van der Waals surface area contributed by atoms with Crippen LogP contribution < -0.4 is 4.90 Å². The molecular weight excluding hydrogens is 432 g/mol. The van der Waals surface area contributed by atoms with E-state index in [1.54, 1.807) is 23.1 Å². The van der Waals surface area contributed by atoms with E-state index in [-0.39, 0.29) is 36.8 Å². The molecule has 0 spiro atoms. The van der Waals surface area contributed by atoms with Crippen molar-refractivity contribution in [2.45, 2.75) is 39.3 Å². The molecule has 8 nitrogen and oxygen atoms in total. The zero-order chi connectivity index (χ0) is 24.4. The van der Waals surface area contributed by atoms with Crippen LogP contribution in [-0.4, -0.2) is 74.5 Å². The summed E-state index contributed by atoms with van der Waals surface area (Å²) in [7, 11) is 0. The highest BCUT2D eigenvalue weighted by atomic mass is 16.3.